The smallest absolute Gasteiger partial charge is 0.224 e. The third-order valence-corrected chi connectivity index (χ3v) is 3.87. The highest BCUT2D eigenvalue weighted by Crippen LogP contribution is 2.21. The number of halogens is 2. The van der Waals surface area contributed by atoms with Gasteiger partial charge in [-0.3, -0.25) is 4.79 Å². The number of amides is 1. The highest BCUT2D eigenvalue weighted by Gasteiger charge is 2.07. The van der Waals surface area contributed by atoms with E-state index in [0.29, 0.717) is 16.6 Å². The molecule has 0 aliphatic carbocycles. The van der Waals surface area contributed by atoms with Gasteiger partial charge in [0.25, 0.3) is 0 Å². The molecule has 1 N–H and O–H groups in total. The molecule has 94 valence electrons. The number of carbonyl (C=O) groups is 1. The maximum Gasteiger partial charge on any atom is 0.224 e. The Bertz CT molecular complexity index is 540. The summed E-state index contributed by atoms with van der Waals surface area (Å²) in [6.45, 7) is 0.557. The van der Waals surface area contributed by atoms with Crippen LogP contribution in [0.1, 0.15) is 10.4 Å². The lowest BCUT2D eigenvalue weighted by Gasteiger charge is -2.06. The Balaban J connectivity index is 1.91. The van der Waals surface area contributed by atoms with E-state index >= 15 is 0 Å². The zero-order chi connectivity index (χ0) is 13.0. The van der Waals surface area contributed by atoms with Crippen molar-refractivity contribution in [2.75, 3.05) is 0 Å². The summed E-state index contributed by atoms with van der Waals surface area (Å²) in [5.41, 5.74) is 0.782. The van der Waals surface area contributed by atoms with Crippen molar-refractivity contribution in [3.05, 3.63) is 56.2 Å². The third kappa shape index (κ3) is 3.73. The van der Waals surface area contributed by atoms with E-state index in [1.807, 2.05) is 17.5 Å². The van der Waals surface area contributed by atoms with Gasteiger partial charge in [0, 0.05) is 14.9 Å². The topological polar surface area (TPSA) is 29.1 Å². The van der Waals surface area contributed by atoms with Crippen LogP contribution in [0.5, 0.6) is 0 Å². The minimum absolute atomic E-state index is 0.0485. The van der Waals surface area contributed by atoms with Crippen LogP contribution in [0.15, 0.2) is 35.7 Å². The van der Waals surface area contributed by atoms with Gasteiger partial charge >= 0.3 is 0 Å². The number of nitrogens with one attached hydrogen (secondary N) is 1. The molecule has 0 unspecified atom stereocenters. The molecule has 0 atom stereocenters. The van der Waals surface area contributed by atoms with Crippen molar-refractivity contribution in [1.29, 1.82) is 0 Å². The Morgan fingerprint density at radius 2 is 2.11 bits per heavy atom. The van der Waals surface area contributed by atoms with Crippen molar-refractivity contribution < 1.29 is 4.79 Å². The molecule has 0 aliphatic heterocycles. The summed E-state index contributed by atoms with van der Waals surface area (Å²) < 4.78 is 0. The minimum atomic E-state index is -0.0485. The van der Waals surface area contributed by atoms with Crippen LogP contribution in [-0.2, 0) is 17.8 Å². The number of thiophene rings is 1. The van der Waals surface area contributed by atoms with Crippen molar-refractivity contribution in [3.63, 3.8) is 0 Å². The van der Waals surface area contributed by atoms with Crippen molar-refractivity contribution in [3.8, 4) is 0 Å². The Labute approximate surface area is 120 Å². The number of hydrogen-bond donors (Lipinski definition) is 1. The summed E-state index contributed by atoms with van der Waals surface area (Å²) in [4.78, 5) is 12.9. The molecule has 0 fully saturated rings. The van der Waals surface area contributed by atoms with E-state index < -0.39 is 0 Å². The van der Waals surface area contributed by atoms with Gasteiger partial charge in [0.15, 0.2) is 0 Å². The molecule has 2 aromatic rings. The van der Waals surface area contributed by atoms with Gasteiger partial charge in [-0.25, -0.2) is 0 Å². The van der Waals surface area contributed by atoms with E-state index in [2.05, 4.69) is 5.32 Å². The van der Waals surface area contributed by atoms with E-state index in [1.54, 1.807) is 29.5 Å². The van der Waals surface area contributed by atoms with Crippen molar-refractivity contribution in [2.45, 2.75) is 13.0 Å². The molecule has 0 saturated carbocycles. The van der Waals surface area contributed by atoms with Crippen LogP contribution in [0.2, 0.25) is 10.0 Å². The molecule has 1 aromatic heterocycles. The lowest BCUT2D eigenvalue weighted by Crippen LogP contribution is -2.24. The van der Waals surface area contributed by atoms with Crippen molar-refractivity contribution in [2.24, 2.45) is 0 Å². The number of rotatable bonds is 4. The fourth-order valence-corrected chi connectivity index (χ4v) is 2.62. The van der Waals surface area contributed by atoms with Crippen LogP contribution >= 0.6 is 34.5 Å². The summed E-state index contributed by atoms with van der Waals surface area (Å²) in [6.07, 6.45) is 0.265. The molecule has 1 amide bonds. The van der Waals surface area contributed by atoms with Gasteiger partial charge in [-0.15, -0.1) is 11.3 Å². The van der Waals surface area contributed by atoms with Crippen LogP contribution in [0.25, 0.3) is 0 Å². The Morgan fingerprint density at radius 1 is 1.28 bits per heavy atom. The lowest BCUT2D eigenvalue weighted by molar-refractivity contribution is -0.120. The van der Waals surface area contributed by atoms with Crippen LogP contribution in [0.4, 0.5) is 0 Å². The summed E-state index contributed by atoms with van der Waals surface area (Å²) in [7, 11) is 0. The average molecular weight is 300 g/mol. The van der Waals surface area contributed by atoms with E-state index in [0.717, 1.165) is 10.4 Å². The summed E-state index contributed by atoms with van der Waals surface area (Å²) in [5, 5.41) is 5.93. The van der Waals surface area contributed by atoms with Crippen LogP contribution in [-0.4, -0.2) is 5.91 Å². The second kappa shape index (κ2) is 6.23. The highest BCUT2D eigenvalue weighted by atomic mass is 35.5. The van der Waals surface area contributed by atoms with E-state index in [-0.39, 0.29) is 12.3 Å². The number of hydrogen-bond acceptors (Lipinski definition) is 2. The second-order valence-corrected chi connectivity index (χ2v) is 5.64. The molecular formula is C13H11Cl2NOS. The molecule has 0 aliphatic rings. The first-order chi connectivity index (χ1) is 8.65. The number of carbonyl (C=O) groups excluding carboxylic acids is 1. The fourth-order valence-electron chi connectivity index (χ4n) is 1.50. The normalized spacial score (nSPS) is 10.3. The Hall–Kier alpha value is -1.03. The predicted molar refractivity (Wildman–Crippen MR) is 76.3 cm³/mol. The molecule has 0 radical (unpaired) electrons. The largest absolute Gasteiger partial charge is 0.351 e. The van der Waals surface area contributed by atoms with Gasteiger partial charge in [-0.1, -0.05) is 35.3 Å². The monoisotopic (exact) mass is 299 g/mol. The standard InChI is InChI=1S/C13H11Cl2NOS/c14-10-4-3-9(12(15)7-10)6-13(17)16-8-11-2-1-5-18-11/h1-5,7H,6,8H2,(H,16,17). The van der Waals surface area contributed by atoms with Crippen LogP contribution in [0, 0.1) is 0 Å². The highest BCUT2D eigenvalue weighted by molar-refractivity contribution is 7.09. The molecule has 0 bridgehead atoms. The van der Waals surface area contributed by atoms with Gasteiger partial charge in [0.05, 0.1) is 13.0 Å². The zero-order valence-corrected chi connectivity index (χ0v) is 11.8. The molecular weight excluding hydrogens is 289 g/mol. The average Bonchev–Trinajstić information content (AvgIpc) is 2.83. The molecule has 0 spiro atoms. The van der Waals surface area contributed by atoms with Gasteiger partial charge < -0.3 is 5.32 Å². The van der Waals surface area contributed by atoms with Crippen molar-refractivity contribution in [1.82, 2.24) is 5.32 Å². The third-order valence-electron chi connectivity index (χ3n) is 2.41. The van der Waals surface area contributed by atoms with Gasteiger partial charge in [0.1, 0.15) is 0 Å². The number of benzene rings is 1. The zero-order valence-electron chi connectivity index (χ0n) is 9.45. The summed E-state index contributed by atoms with van der Waals surface area (Å²) in [6, 6.07) is 9.10. The SMILES string of the molecule is O=C(Cc1ccc(Cl)cc1Cl)NCc1cccs1. The van der Waals surface area contributed by atoms with Gasteiger partial charge in [-0.05, 0) is 29.1 Å². The molecule has 0 saturated heterocycles. The first-order valence-electron chi connectivity index (χ1n) is 5.38. The first kappa shape index (κ1) is 13.4. The van der Waals surface area contributed by atoms with Crippen LogP contribution in [0.3, 0.4) is 0 Å². The molecule has 1 aromatic carbocycles. The van der Waals surface area contributed by atoms with Crippen LogP contribution < -0.4 is 5.32 Å². The predicted octanol–water partition coefficient (Wildman–Crippen LogP) is 3.91. The summed E-state index contributed by atoms with van der Waals surface area (Å²) in [5.74, 6) is -0.0485. The molecule has 1 heterocycles. The van der Waals surface area contributed by atoms with Crippen molar-refractivity contribution >= 4 is 40.4 Å². The lowest BCUT2D eigenvalue weighted by atomic mass is 10.1. The second-order valence-electron chi connectivity index (χ2n) is 3.77. The molecule has 18 heavy (non-hydrogen) atoms. The Kier molecular flexibility index (Phi) is 4.64. The van der Waals surface area contributed by atoms with Gasteiger partial charge in [0.2, 0.25) is 5.91 Å². The summed E-state index contributed by atoms with van der Waals surface area (Å²) >= 11 is 13.4. The molecule has 2 rings (SSSR count). The first-order valence-corrected chi connectivity index (χ1v) is 7.02. The molecule has 5 heteroatoms. The fraction of sp³-hybridized carbons (Fsp3) is 0.154. The Morgan fingerprint density at radius 3 is 2.78 bits per heavy atom. The maximum atomic E-state index is 11.7. The maximum absolute atomic E-state index is 11.7. The minimum Gasteiger partial charge on any atom is -0.351 e. The van der Waals surface area contributed by atoms with E-state index in [1.165, 1.54) is 0 Å². The van der Waals surface area contributed by atoms with Gasteiger partial charge in [-0.2, -0.15) is 0 Å². The van der Waals surface area contributed by atoms with E-state index in [9.17, 15) is 4.79 Å². The molecule has 2 nitrogen and oxygen atoms in total. The van der Waals surface area contributed by atoms with E-state index in [4.69, 9.17) is 23.2 Å². The quantitative estimate of drug-likeness (QED) is 0.911.